The second-order valence-corrected chi connectivity index (χ2v) is 16.9. The van der Waals surface area contributed by atoms with Gasteiger partial charge in [0.25, 0.3) is 5.79 Å². The van der Waals surface area contributed by atoms with Gasteiger partial charge in [-0.25, -0.2) is 13.2 Å². The normalized spacial score (nSPS) is 20.1. The van der Waals surface area contributed by atoms with Crippen LogP contribution in [0.5, 0.6) is 0 Å². The van der Waals surface area contributed by atoms with E-state index in [9.17, 15) is 48.0 Å². The molecule has 2 amide bonds. The number of esters is 1. The minimum Gasteiger partial charge on any atom is -0.477 e. The molecule has 18 heteroatoms. The third-order valence-electron chi connectivity index (χ3n) is 10.5. The summed E-state index contributed by atoms with van der Waals surface area (Å²) in [4.78, 5) is 52.9. The van der Waals surface area contributed by atoms with E-state index in [4.69, 9.17) is 14.2 Å². The lowest BCUT2D eigenvalue weighted by Gasteiger charge is -2.47. The molecule has 1 aliphatic heterocycles. The first-order chi connectivity index (χ1) is 29.1. The van der Waals surface area contributed by atoms with Crippen molar-refractivity contribution >= 4 is 61.0 Å². The average molecular weight is 867 g/mol. The van der Waals surface area contributed by atoms with E-state index in [0.29, 0.717) is 43.0 Å². The topological polar surface area (TPSA) is 250 Å². The summed E-state index contributed by atoms with van der Waals surface area (Å²) in [6, 6.07) is 22.2. The number of aliphatic carboxylic acids is 1. The van der Waals surface area contributed by atoms with Crippen LogP contribution in [0.25, 0.3) is 21.5 Å². The number of ether oxygens (including phenoxy) is 3. The van der Waals surface area contributed by atoms with Crippen LogP contribution in [0.3, 0.4) is 0 Å². The summed E-state index contributed by atoms with van der Waals surface area (Å²) in [7, 11) is -0.702. The Morgan fingerprint density at radius 1 is 0.902 bits per heavy atom. The first kappa shape index (κ1) is 46.8. The molecule has 6 atom stereocenters. The molecule has 330 valence electrons. The number of carbonyl (C=O) groups is 4. The summed E-state index contributed by atoms with van der Waals surface area (Å²) >= 11 is 0. The zero-order valence-corrected chi connectivity index (χ0v) is 35.1. The van der Waals surface area contributed by atoms with Crippen molar-refractivity contribution in [2.24, 2.45) is 0 Å². The lowest BCUT2D eigenvalue weighted by Crippen LogP contribution is -2.68. The summed E-state index contributed by atoms with van der Waals surface area (Å²) in [5.74, 6) is -6.26. The smallest absolute Gasteiger partial charge is 0.364 e. The van der Waals surface area contributed by atoms with Gasteiger partial charge in [-0.15, -0.1) is 0 Å². The van der Waals surface area contributed by atoms with Crippen LogP contribution < -0.4 is 20.3 Å². The van der Waals surface area contributed by atoms with E-state index in [1.165, 1.54) is 6.07 Å². The molecular formula is C43H54N4O13S. The predicted octanol–water partition coefficient (Wildman–Crippen LogP) is 2.32. The van der Waals surface area contributed by atoms with Crippen molar-refractivity contribution in [2.75, 3.05) is 38.8 Å². The maximum atomic E-state index is 13.5. The summed E-state index contributed by atoms with van der Waals surface area (Å²) in [5, 5.41) is 50.1. The number of nitrogens with zero attached hydrogens (tertiary/aromatic N) is 1. The van der Waals surface area contributed by atoms with Gasteiger partial charge in [0.1, 0.15) is 31.0 Å². The quantitative estimate of drug-likeness (QED) is 0.0469. The van der Waals surface area contributed by atoms with Crippen LogP contribution in [-0.4, -0.2) is 123 Å². The maximum absolute atomic E-state index is 13.5. The SMILES string of the molecule is CC(=O)N[C@H]1[C@H]([C@H](O)[C@H](O)CO)O[C@@](OCCCCCCC(=O)NCc2cccc3ccccc23)(C(=O)O)C[C@@H]1OC(=O)CNS(=O)(=O)c1cccc2c(N(C)C)cccc12. The van der Waals surface area contributed by atoms with Crippen molar-refractivity contribution in [1.82, 2.24) is 15.4 Å². The fourth-order valence-electron chi connectivity index (χ4n) is 7.41. The molecule has 0 radical (unpaired) electrons. The Balaban J connectivity index is 1.22. The summed E-state index contributed by atoms with van der Waals surface area (Å²) in [6.45, 7) is -0.600. The van der Waals surface area contributed by atoms with Gasteiger partial charge in [-0.05, 0) is 41.3 Å². The van der Waals surface area contributed by atoms with Crippen molar-refractivity contribution in [3.8, 4) is 0 Å². The molecule has 0 saturated carbocycles. The number of sulfonamides is 1. The lowest BCUT2D eigenvalue weighted by molar-refractivity contribution is -0.312. The van der Waals surface area contributed by atoms with Crippen LogP contribution in [0.1, 0.15) is 51.0 Å². The fourth-order valence-corrected chi connectivity index (χ4v) is 8.60. The molecule has 1 aliphatic rings. The Kier molecular flexibility index (Phi) is 16.2. The second-order valence-electron chi connectivity index (χ2n) is 15.1. The van der Waals surface area contributed by atoms with E-state index in [0.717, 1.165) is 28.9 Å². The number of aliphatic hydroxyl groups excluding tert-OH is 3. The molecular weight excluding hydrogens is 813 g/mol. The van der Waals surface area contributed by atoms with E-state index >= 15 is 0 Å². The van der Waals surface area contributed by atoms with Gasteiger partial charge in [-0.1, -0.05) is 79.6 Å². The fraction of sp³-hybridized carbons (Fsp3) is 0.442. The van der Waals surface area contributed by atoms with Gasteiger partial charge in [-0.3, -0.25) is 14.4 Å². The van der Waals surface area contributed by atoms with Gasteiger partial charge >= 0.3 is 11.9 Å². The summed E-state index contributed by atoms with van der Waals surface area (Å²) in [6.07, 6.45) is -5.77. The van der Waals surface area contributed by atoms with Gasteiger partial charge in [0, 0.05) is 50.4 Å². The molecule has 0 aliphatic carbocycles. The minimum atomic E-state index is -4.33. The molecule has 1 fully saturated rings. The first-order valence-corrected chi connectivity index (χ1v) is 21.5. The molecule has 1 saturated heterocycles. The number of amides is 2. The highest BCUT2D eigenvalue weighted by molar-refractivity contribution is 7.89. The highest BCUT2D eigenvalue weighted by Gasteiger charge is 2.57. The Bertz CT molecular complexity index is 2290. The number of hydrogen-bond donors (Lipinski definition) is 7. The van der Waals surface area contributed by atoms with Gasteiger partial charge < -0.3 is 50.2 Å². The zero-order chi connectivity index (χ0) is 44.3. The number of aliphatic hydroxyl groups is 3. The molecule has 0 unspecified atom stereocenters. The van der Waals surface area contributed by atoms with Gasteiger partial charge in [0.15, 0.2) is 0 Å². The number of hydrogen-bond acceptors (Lipinski definition) is 13. The highest BCUT2D eigenvalue weighted by Crippen LogP contribution is 2.36. The van der Waals surface area contributed by atoms with Crippen molar-refractivity contribution < 1.29 is 62.2 Å². The first-order valence-electron chi connectivity index (χ1n) is 20.0. The number of benzene rings is 4. The molecule has 61 heavy (non-hydrogen) atoms. The van der Waals surface area contributed by atoms with Crippen molar-refractivity contribution in [1.29, 1.82) is 0 Å². The van der Waals surface area contributed by atoms with Crippen molar-refractivity contribution in [2.45, 2.75) is 93.1 Å². The van der Waals surface area contributed by atoms with Crippen molar-refractivity contribution in [3.05, 3.63) is 84.4 Å². The molecule has 4 aromatic rings. The summed E-state index contributed by atoms with van der Waals surface area (Å²) in [5.41, 5.74) is 1.76. The molecule has 17 nitrogen and oxygen atoms in total. The number of carboxylic acids is 1. The number of nitrogens with one attached hydrogen (secondary N) is 3. The monoisotopic (exact) mass is 866 g/mol. The van der Waals surface area contributed by atoms with Crippen molar-refractivity contribution in [3.63, 3.8) is 0 Å². The van der Waals surface area contributed by atoms with E-state index in [2.05, 4.69) is 15.4 Å². The number of rotatable bonds is 21. The standard InChI is InChI=1S/C43H54N4O13S/c1-27(49)46-39-35(59-38(52)25-45-61(56,57)36-20-12-17-31-32(36)18-11-19-33(31)47(2)3)23-43(42(54)55,60-41(39)40(53)34(50)26-48)58-22-9-5-4-6-21-37(51)44-24-29-15-10-14-28-13-7-8-16-30(28)29/h7-8,10-20,34-35,39-41,45,48,50,53H,4-6,9,21-26H2,1-3H3,(H,44,51)(H,46,49)(H,54,55)/t34-,35+,39-,40-,41-,43-/m1/s1. The molecule has 4 aromatic carbocycles. The number of fused-ring (bicyclic) bond motifs is 2. The van der Waals surface area contributed by atoms with Crippen LogP contribution in [-0.2, 0) is 50.0 Å². The minimum absolute atomic E-state index is 0.108. The molecule has 5 rings (SSSR count). The van der Waals surface area contributed by atoms with E-state index in [1.807, 2.05) is 67.5 Å². The molecule has 1 heterocycles. The number of anilines is 1. The van der Waals surface area contributed by atoms with Gasteiger partial charge in [0.2, 0.25) is 21.8 Å². The summed E-state index contributed by atoms with van der Waals surface area (Å²) < 4.78 is 46.5. The Labute approximate surface area is 354 Å². The zero-order valence-electron chi connectivity index (χ0n) is 34.3. The number of unbranched alkanes of at least 4 members (excludes halogenated alkanes) is 3. The second kappa shape index (κ2) is 21.0. The number of carboxylic acid groups (broad SMARTS) is 1. The maximum Gasteiger partial charge on any atom is 0.364 e. The van der Waals surface area contributed by atoms with Crippen LogP contribution in [0.4, 0.5) is 5.69 Å². The third-order valence-corrected chi connectivity index (χ3v) is 11.9. The number of carbonyl (C=O) groups excluding carboxylic acids is 3. The van der Waals surface area contributed by atoms with Gasteiger partial charge in [0.05, 0.1) is 30.6 Å². The molecule has 0 spiro atoms. The molecule has 0 aromatic heterocycles. The highest BCUT2D eigenvalue weighted by atomic mass is 32.2. The Hall–Kier alpha value is -5.21. The van der Waals surface area contributed by atoms with E-state index in [-0.39, 0.29) is 23.8 Å². The Morgan fingerprint density at radius 2 is 1.57 bits per heavy atom. The average Bonchev–Trinajstić information content (AvgIpc) is 3.24. The Morgan fingerprint density at radius 3 is 2.30 bits per heavy atom. The van der Waals surface area contributed by atoms with Crippen LogP contribution >= 0.6 is 0 Å². The van der Waals surface area contributed by atoms with Crippen LogP contribution in [0.15, 0.2) is 83.8 Å². The molecule has 7 N–H and O–H groups in total. The van der Waals surface area contributed by atoms with E-state index in [1.54, 1.807) is 24.3 Å². The van der Waals surface area contributed by atoms with E-state index < -0.39 is 83.7 Å². The lowest BCUT2D eigenvalue weighted by atomic mass is 9.88. The van der Waals surface area contributed by atoms with Gasteiger partial charge in [-0.2, -0.15) is 4.72 Å². The predicted molar refractivity (Wildman–Crippen MR) is 225 cm³/mol. The van der Waals surface area contributed by atoms with Crippen LogP contribution in [0, 0.1) is 0 Å². The third kappa shape index (κ3) is 11.8. The molecule has 0 bridgehead atoms. The van der Waals surface area contributed by atoms with Crippen LogP contribution in [0.2, 0.25) is 0 Å². The largest absolute Gasteiger partial charge is 0.477 e.